The first-order valence-corrected chi connectivity index (χ1v) is 5.55. The molecular formula is C10H15BrN2O2. The summed E-state index contributed by atoms with van der Waals surface area (Å²) in [6.45, 7) is 2.99. The van der Waals surface area contributed by atoms with E-state index < -0.39 is 0 Å². The Hall–Kier alpha value is -0.650. The molecule has 1 aromatic rings. The van der Waals surface area contributed by atoms with Crippen LogP contribution in [0.15, 0.2) is 22.9 Å². The normalized spacial score (nSPS) is 10.3. The van der Waals surface area contributed by atoms with Crippen molar-refractivity contribution in [3.05, 3.63) is 22.9 Å². The average Bonchev–Trinajstić information content (AvgIpc) is 2.23. The molecule has 0 aliphatic heterocycles. The molecule has 0 atom stereocenters. The fraction of sp³-hybridized carbons (Fsp3) is 0.500. The molecule has 84 valence electrons. The molecule has 0 saturated heterocycles. The zero-order chi connectivity index (χ0) is 10.9. The number of halogens is 1. The van der Waals surface area contributed by atoms with Crippen molar-refractivity contribution >= 4 is 15.9 Å². The van der Waals surface area contributed by atoms with E-state index in [1.807, 2.05) is 6.07 Å². The Morgan fingerprint density at radius 3 is 2.87 bits per heavy atom. The van der Waals surface area contributed by atoms with Gasteiger partial charge in [-0.25, -0.2) is 0 Å². The van der Waals surface area contributed by atoms with Gasteiger partial charge in [0.1, 0.15) is 12.4 Å². The van der Waals surface area contributed by atoms with Gasteiger partial charge in [-0.2, -0.15) is 0 Å². The minimum Gasteiger partial charge on any atom is -0.491 e. The van der Waals surface area contributed by atoms with Gasteiger partial charge in [0.2, 0.25) is 0 Å². The van der Waals surface area contributed by atoms with Crippen LogP contribution in [0.5, 0.6) is 5.75 Å². The maximum Gasteiger partial charge on any atom is 0.138 e. The predicted molar refractivity (Wildman–Crippen MR) is 62.2 cm³/mol. The first-order chi connectivity index (χ1) is 7.33. The molecule has 0 bridgehead atoms. The Labute approximate surface area is 98.1 Å². The van der Waals surface area contributed by atoms with Gasteiger partial charge in [-0.3, -0.25) is 4.98 Å². The molecule has 1 rings (SSSR count). The van der Waals surface area contributed by atoms with Crippen LogP contribution in [0, 0.1) is 0 Å². The smallest absolute Gasteiger partial charge is 0.138 e. The van der Waals surface area contributed by atoms with Crippen LogP contribution >= 0.6 is 15.9 Å². The maximum atomic E-state index is 5.47. The fourth-order valence-corrected chi connectivity index (χ4v) is 1.36. The van der Waals surface area contributed by atoms with Gasteiger partial charge in [0, 0.05) is 30.9 Å². The van der Waals surface area contributed by atoms with Crippen molar-refractivity contribution in [2.75, 3.05) is 33.4 Å². The molecule has 15 heavy (non-hydrogen) atoms. The third-order valence-corrected chi connectivity index (χ3v) is 2.14. The molecular weight excluding hydrogens is 260 g/mol. The second kappa shape index (κ2) is 7.62. The van der Waals surface area contributed by atoms with Gasteiger partial charge in [-0.05, 0) is 22.0 Å². The number of hydrogen-bond donors (Lipinski definition) is 1. The summed E-state index contributed by atoms with van der Waals surface area (Å²) in [4.78, 5) is 4.00. The lowest BCUT2D eigenvalue weighted by Crippen LogP contribution is -2.24. The summed E-state index contributed by atoms with van der Waals surface area (Å²) in [5.74, 6) is 0.776. The molecule has 5 heteroatoms. The third-order valence-electron chi connectivity index (χ3n) is 1.71. The maximum absolute atomic E-state index is 5.47. The molecule has 0 spiro atoms. The number of nitrogens with zero attached hydrogens (tertiary/aromatic N) is 1. The fourth-order valence-electron chi connectivity index (χ4n) is 1.01. The molecule has 0 amide bonds. The van der Waals surface area contributed by atoms with Gasteiger partial charge in [-0.1, -0.05) is 0 Å². The Kier molecular flexibility index (Phi) is 6.31. The molecule has 1 aromatic heterocycles. The van der Waals surface area contributed by atoms with Gasteiger partial charge in [-0.15, -0.1) is 0 Å². The van der Waals surface area contributed by atoms with Crippen LogP contribution in [0.25, 0.3) is 0 Å². The van der Waals surface area contributed by atoms with E-state index in [1.165, 1.54) is 0 Å². The summed E-state index contributed by atoms with van der Waals surface area (Å²) in [6, 6.07) is 1.89. The summed E-state index contributed by atoms with van der Waals surface area (Å²) in [7, 11) is 1.69. The van der Waals surface area contributed by atoms with Gasteiger partial charge in [0.05, 0.1) is 12.8 Å². The van der Waals surface area contributed by atoms with Gasteiger partial charge >= 0.3 is 0 Å². The first kappa shape index (κ1) is 12.4. The van der Waals surface area contributed by atoms with E-state index >= 15 is 0 Å². The summed E-state index contributed by atoms with van der Waals surface area (Å²) < 4.78 is 11.3. The van der Waals surface area contributed by atoms with Crippen molar-refractivity contribution in [3.63, 3.8) is 0 Å². The Morgan fingerprint density at radius 2 is 2.13 bits per heavy atom. The number of pyridine rings is 1. The number of aromatic nitrogens is 1. The van der Waals surface area contributed by atoms with Crippen LogP contribution in [0.4, 0.5) is 0 Å². The number of ether oxygens (including phenoxy) is 2. The van der Waals surface area contributed by atoms with Gasteiger partial charge < -0.3 is 14.8 Å². The Bertz CT molecular complexity index is 284. The summed E-state index contributed by atoms with van der Waals surface area (Å²) in [6.07, 6.45) is 3.42. The predicted octanol–water partition coefficient (Wildman–Crippen LogP) is 1.46. The van der Waals surface area contributed by atoms with E-state index in [9.17, 15) is 0 Å². The average molecular weight is 275 g/mol. The topological polar surface area (TPSA) is 43.4 Å². The van der Waals surface area contributed by atoms with Gasteiger partial charge in [0.25, 0.3) is 0 Å². The van der Waals surface area contributed by atoms with Crippen molar-refractivity contribution in [1.29, 1.82) is 0 Å². The molecule has 1 N–H and O–H groups in total. The molecule has 0 unspecified atom stereocenters. The van der Waals surface area contributed by atoms with Crippen LogP contribution in [-0.4, -0.2) is 38.4 Å². The SMILES string of the molecule is COCCNCCOc1cncc(Br)c1. The second-order valence-electron chi connectivity index (χ2n) is 2.93. The van der Waals surface area contributed by atoms with E-state index in [2.05, 4.69) is 26.2 Å². The standard InChI is InChI=1S/C10H15BrN2O2/c1-14-4-2-12-3-5-15-10-6-9(11)7-13-8-10/h6-8,12H,2-5H2,1H3. The molecule has 0 saturated carbocycles. The van der Waals surface area contributed by atoms with Crippen molar-refractivity contribution in [3.8, 4) is 5.75 Å². The molecule has 0 aliphatic carbocycles. The monoisotopic (exact) mass is 274 g/mol. The van der Waals surface area contributed by atoms with Crippen LogP contribution < -0.4 is 10.1 Å². The molecule has 0 fully saturated rings. The van der Waals surface area contributed by atoms with E-state index in [-0.39, 0.29) is 0 Å². The minimum absolute atomic E-state index is 0.627. The van der Waals surface area contributed by atoms with Crippen LogP contribution in [-0.2, 0) is 4.74 Å². The number of rotatable bonds is 7. The lowest BCUT2D eigenvalue weighted by atomic mass is 10.5. The third kappa shape index (κ3) is 5.71. The van der Waals surface area contributed by atoms with E-state index in [1.54, 1.807) is 19.5 Å². The minimum atomic E-state index is 0.627. The Morgan fingerprint density at radius 1 is 1.33 bits per heavy atom. The summed E-state index contributed by atoms with van der Waals surface area (Å²) in [5.41, 5.74) is 0. The van der Waals surface area contributed by atoms with E-state index in [0.29, 0.717) is 6.61 Å². The van der Waals surface area contributed by atoms with Crippen LogP contribution in [0.1, 0.15) is 0 Å². The lowest BCUT2D eigenvalue weighted by molar-refractivity contribution is 0.196. The lowest BCUT2D eigenvalue weighted by Gasteiger charge is -2.06. The molecule has 4 nitrogen and oxygen atoms in total. The highest BCUT2D eigenvalue weighted by atomic mass is 79.9. The molecule has 0 radical (unpaired) electrons. The summed E-state index contributed by atoms with van der Waals surface area (Å²) in [5, 5.41) is 3.19. The highest BCUT2D eigenvalue weighted by Crippen LogP contribution is 2.15. The van der Waals surface area contributed by atoms with Crippen molar-refractivity contribution < 1.29 is 9.47 Å². The first-order valence-electron chi connectivity index (χ1n) is 4.76. The number of hydrogen-bond acceptors (Lipinski definition) is 4. The Balaban J connectivity index is 2.10. The highest BCUT2D eigenvalue weighted by molar-refractivity contribution is 9.10. The summed E-state index contributed by atoms with van der Waals surface area (Å²) >= 11 is 3.33. The van der Waals surface area contributed by atoms with E-state index in [4.69, 9.17) is 9.47 Å². The van der Waals surface area contributed by atoms with Gasteiger partial charge in [0.15, 0.2) is 0 Å². The molecule has 0 aromatic carbocycles. The number of nitrogens with one attached hydrogen (secondary N) is 1. The zero-order valence-corrected chi connectivity index (χ0v) is 10.3. The molecule has 1 heterocycles. The van der Waals surface area contributed by atoms with Crippen molar-refractivity contribution in [2.24, 2.45) is 0 Å². The largest absolute Gasteiger partial charge is 0.491 e. The number of methoxy groups -OCH3 is 1. The zero-order valence-electron chi connectivity index (χ0n) is 8.70. The molecule has 0 aliphatic rings. The van der Waals surface area contributed by atoms with Crippen LogP contribution in [0.3, 0.4) is 0 Å². The second-order valence-corrected chi connectivity index (χ2v) is 3.85. The van der Waals surface area contributed by atoms with Crippen molar-refractivity contribution in [2.45, 2.75) is 0 Å². The van der Waals surface area contributed by atoms with Crippen LogP contribution in [0.2, 0.25) is 0 Å². The highest BCUT2D eigenvalue weighted by Gasteiger charge is 1.94. The van der Waals surface area contributed by atoms with Crippen molar-refractivity contribution in [1.82, 2.24) is 10.3 Å². The van der Waals surface area contributed by atoms with E-state index in [0.717, 1.165) is 29.9 Å². The quantitative estimate of drug-likeness (QED) is 0.765.